The van der Waals surface area contributed by atoms with Crippen LogP contribution in [0.5, 0.6) is 0 Å². The molecule has 0 saturated heterocycles. The second kappa shape index (κ2) is 5.15. The molecule has 1 rings (SSSR count). The molecule has 0 spiro atoms. The lowest BCUT2D eigenvalue weighted by Crippen LogP contribution is -2.24. The van der Waals surface area contributed by atoms with Crippen molar-refractivity contribution < 1.29 is 4.74 Å². The van der Waals surface area contributed by atoms with Crippen LogP contribution in [0.15, 0.2) is 34.9 Å². The van der Waals surface area contributed by atoms with Crippen molar-refractivity contribution in [2.75, 3.05) is 6.61 Å². The van der Waals surface area contributed by atoms with Crippen LogP contribution in [0.1, 0.15) is 19.8 Å². The highest BCUT2D eigenvalue weighted by Gasteiger charge is 2.26. The van der Waals surface area contributed by atoms with Crippen molar-refractivity contribution >= 4 is 27.5 Å². The minimum absolute atomic E-state index is 0.615. The normalized spacial score (nSPS) is 26.1. The highest BCUT2D eigenvalue weighted by atomic mass is 79.9. The third kappa shape index (κ3) is 3.99. The zero-order valence-corrected chi connectivity index (χ0v) is 10.6. The van der Waals surface area contributed by atoms with Gasteiger partial charge in [-0.3, -0.25) is 0 Å². The highest BCUT2D eigenvalue weighted by Crippen LogP contribution is 2.31. The predicted octanol–water partition coefficient (Wildman–Crippen LogP) is 4.14. The molecule has 14 heavy (non-hydrogen) atoms. The summed E-state index contributed by atoms with van der Waals surface area (Å²) in [4.78, 5) is 0. The van der Waals surface area contributed by atoms with Crippen LogP contribution >= 0.6 is 27.5 Å². The van der Waals surface area contributed by atoms with Crippen LogP contribution in [0.4, 0.5) is 0 Å². The van der Waals surface area contributed by atoms with Crippen molar-refractivity contribution in [3.05, 3.63) is 34.9 Å². The van der Waals surface area contributed by atoms with Gasteiger partial charge in [-0.2, -0.15) is 0 Å². The number of ether oxygens (including phenoxy) is 1. The largest absolute Gasteiger partial charge is 0.355 e. The number of allylic oxidation sites excluding steroid dienone is 2. The maximum Gasteiger partial charge on any atom is 0.165 e. The minimum Gasteiger partial charge on any atom is -0.355 e. The average molecular weight is 278 g/mol. The smallest absolute Gasteiger partial charge is 0.165 e. The Morgan fingerprint density at radius 1 is 1.79 bits per heavy atom. The van der Waals surface area contributed by atoms with Gasteiger partial charge in [0.25, 0.3) is 0 Å². The molecule has 0 aromatic rings. The maximum atomic E-state index is 6.24. The minimum atomic E-state index is -0.678. The molecule has 0 N–H and O–H groups in total. The Kier molecular flexibility index (Phi) is 4.42. The zero-order valence-electron chi connectivity index (χ0n) is 8.22. The summed E-state index contributed by atoms with van der Waals surface area (Å²) in [6, 6.07) is 0. The number of hydrogen-bond donors (Lipinski definition) is 0. The van der Waals surface area contributed by atoms with Crippen molar-refractivity contribution in [3.8, 4) is 0 Å². The SMILES string of the molecule is C=C(C)CCOC1(Cl)C=C(Br)C=CC1. The van der Waals surface area contributed by atoms with Crippen LogP contribution in [-0.2, 0) is 4.74 Å². The molecule has 0 heterocycles. The molecule has 0 aromatic carbocycles. The van der Waals surface area contributed by atoms with Gasteiger partial charge in [-0.15, -0.1) is 6.58 Å². The van der Waals surface area contributed by atoms with Gasteiger partial charge in [-0.1, -0.05) is 45.3 Å². The Bertz CT molecular complexity index is 283. The summed E-state index contributed by atoms with van der Waals surface area (Å²) in [5.74, 6) is 0. The van der Waals surface area contributed by atoms with E-state index in [0.717, 1.165) is 16.5 Å². The van der Waals surface area contributed by atoms with E-state index in [1.807, 2.05) is 25.2 Å². The fraction of sp³-hybridized carbons (Fsp3) is 0.455. The van der Waals surface area contributed by atoms with Gasteiger partial charge in [0.1, 0.15) is 0 Å². The Labute approximate surface area is 98.6 Å². The summed E-state index contributed by atoms with van der Waals surface area (Å²) in [6.07, 6.45) is 7.41. The second-order valence-corrected chi connectivity index (χ2v) is 5.03. The molecule has 1 nitrogen and oxygen atoms in total. The zero-order chi connectivity index (χ0) is 10.6. The van der Waals surface area contributed by atoms with E-state index in [9.17, 15) is 0 Å². The summed E-state index contributed by atoms with van der Waals surface area (Å²) in [5.41, 5.74) is 1.11. The molecule has 78 valence electrons. The molecule has 1 atom stereocenters. The Balaban J connectivity index is 2.43. The first kappa shape index (κ1) is 12.0. The van der Waals surface area contributed by atoms with Gasteiger partial charge in [-0.05, 0) is 19.4 Å². The second-order valence-electron chi connectivity index (χ2n) is 3.48. The molecule has 0 amide bonds. The first-order chi connectivity index (χ1) is 6.52. The van der Waals surface area contributed by atoms with Crippen molar-refractivity contribution in [3.63, 3.8) is 0 Å². The molecule has 0 aromatic heterocycles. The van der Waals surface area contributed by atoms with Gasteiger partial charge in [-0.25, -0.2) is 0 Å². The lowest BCUT2D eigenvalue weighted by Gasteiger charge is -2.25. The summed E-state index contributed by atoms with van der Waals surface area (Å²) in [5, 5.41) is -0.678. The van der Waals surface area contributed by atoms with Crippen LogP contribution in [-0.4, -0.2) is 11.7 Å². The lowest BCUT2D eigenvalue weighted by atomic mass is 10.1. The van der Waals surface area contributed by atoms with Gasteiger partial charge < -0.3 is 4.74 Å². The molecular weight excluding hydrogens is 263 g/mol. The standard InChI is InChI=1S/C11H14BrClO/c1-9(2)5-7-14-11(13)6-3-4-10(12)8-11/h3-4,8H,1,5-7H2,2H3. The fourth-order valence-corrected chi connectivity index (χ4v) is 2.11. The number of alkyl halides is 1. The lowest BCUT2D eigenvalue weighted by molar-refractivity contribution is 0.0571. The summed E-state index contributed by atoms with van der Waals surface area (Å²) in [7, 11) is 0. The first-order valence-electron chi connectivity index (χ1n) is 4.54. The third-order valence-corrected chi connectivity index (χ3v) is 2.76. The van der Waals surface area contributed by atoms with Crippen LogP contribution in [0.2, 0.25) is 0 Å². The van der Waals surface area contributed by atoms with E-state index in [-0.39, 0.29) is 0 Å². The van der Waals surface area contributed by atoms with E-state index in [4.69, 9.17) is 16.3 Å². The maximum absolute atomic E-state index is 6.24. The average Bonchev–Trinajstić information content (AvgIpc) is 2.01. The van der Waals surface area contributed by atoms with E-state index < -0.39 is 5.06 Å². The van der Waals surface area contributed by atoms with Crippen molar-refractivity contribution in [2.45, 2.75) is 24.8 Å². The van der Waals surface area contributed by atoms with Crippen molar-refractivity contribution in [1.82, 2.24) is 0 Å². The fourth-order valence-electron chi connectivity index (χ4n) is 1.14. The van der Waals surface area contributed by atoms with Gasteiger partial charge in [0.2, 0.25) is 0 Å². The van der Waals surface area contributed by atoms with Crippen LogP contribution in [0, 0.1) is 0 Å². The Hall–Kier alpha value is -0.0500. The Morgan fingerprint density at radius 2 is 2.50 bits per heavy atom. The first-order valence-corrected chi connectivity index (χ1v) is 5.71. The van der Waals surface area contributed by atoms with E-state index in [0.29, 0.717) is 13.0 Å². The summed E-state index contributed by atoms with van der Waals surface area (Å²) >= 11 is 9.62. The van der Waals surface area contributed by atoms with Crippen molar-refractivity contribution in [2.24, 2.45) is 0 Å². The molecule has 1 aliphatic carbocycles. The molecular formula is C11H14BrClO. The summed E-state index contributed by atoms with van der Waals surface area (Å²) < 4.78 is 6.57. The van der Waals surface area contributed by atoms with Crippen LogP contribution in [0.25, 0.3) is 0 Å². The molecule has 0 bridgehead atoms. The van der Waals surface area contributed by atoms with E-state index >= 15 is 0 Å². The summed E-state index contributed by atoms with van der Waals surface area (Å²) in [6.45, 7) is 6.41. The molecule has 0 saturated carbocycles. The molecule has 0 radical (unpaired) electrons. The topological polar surface area (TPSA) is 9.23 Å². The van der Waals surface area contributed by atoms with Gasteiger partial charge >= 0.3 is 0 Å². The van der Waals surface area contributed by atoms with Crippen LogP contribution < -0.4 is 0 Å². The van der Waals surface area contributed by atoms with Gasteiger partial charge in [0.05, 0.1) is 6.61 Å². The molecule has 3 heteroatoms. The van der Waals surface area contributed by atoms with Gasteiger partial charge in [0.15, 0.2) is 5.06 Å². The number of halogens is 2. The van der Waals surface area contributed by atoms with E-state index in [2.05, 4.69) is 22.5 Å². The quantitative estimate of drug-likeness (QED) is 0.554. The molecule has 1 unspecified atom stereocenters. The highest BCUT2D eigenvalue weighted by molar-refractivity contribution is 9.11. The molecule has 0 fully saturated rings. The number of hydrogen-bond acceptors (Lipinski definition) is 1. The monoisotopic (exact) mass is 276 g/mol. The van der Waals surface area contributed by atoms with E-state index in [1.54, 1.807) is 0 Å². The number of rotatable bonds is 4. The molecule has 0 aliphatic heterocycles. The van der Waals surface area contributed by atoms with Crippen molar-refractivity contribution in [1.29, 1.82) is 0 Å². The van der Waals surface area contributed by atoms with E-state index in [1.165, 1.54) is 0 Å². The molecule has 1 aliphatic rings. The van der Waals surface area contributed by atoms with Gasteiger partial charge in [0, 0.05) is 10.9 Å². The third-order valence-electron chi connectivity index (χ3n) is 1.90. The predicted molar refractivity (Wildman–Crippen MR) is 64.7 cm³/mol. The van der Waals surface area contributed by atoms with Crippen LogP contribution in [0.3, 0.4) is 0 Å². The Morgan fingerprint density at radius 3 is 3.07 bits per heavy atom.